The smallest absolute Gasteiger partial charge is 0.106 e. The van der Waals surface area contributed by atoms with E-state index >= 15 is 0 Å². The van der Waals surface area contributed by atoms with E-state index in [0.717, 1.165) is 17.9 Å². The van der Waals surface area contributed by atoms with E-state index in [2.05, 4.69) is 29.5 Å². The Morgan fingerprint density at radius 1 is 1.25 bits per heavy atom. The Labute approximate surface area is 126 Å². The molecule has 1 N–H and O–H groups in total. The van der Waals surface area contributed by atoms with Crippen molar-refractivity contribution in [2.45, 2.75) is 13.5 Å². The van der Waals surface area contributed by atoms with Crippen LogP contribution in [0.4, 0.5) is 5.69 Å². The number of nitrogens with one attached hydrogen (secondary N) is 1. The Hall–Kier alpha value is -1.78. The van der Waals surface area contributed by atoms with Crippen molar-refractivity contribution in [1.29, 1.82) is 0 Å². The Bertz CT molecular complexity index is 704. The van der Waals surface area contributed by atoms with Crippen molar-refractivity contribution in [1.82, 2.24) is 9.78 Å². The van der Waals surface area contributed by atoms with Crippen molar-refractivity contribution in [2.75, 3.05) is 5.32 Å². The lowest BCUT2D eigenvalue weighted by Gasteiger charge is -2.13. The molecular weight excluding hydrogens is 290 g/mol. The maximum Gasteiger partial charge on any atom is 0.106 e. The van der Waals surface area contributed by atoms with Crippen LogP contribution >= 0.6 is 22.9 Å². The van der Waals surface area contributed by atoms with Gasteiger partial charge in [-0.05, 0) is 37.3 Å². The number of nitrogens with zero attached hydrogens (tertiary/aromatic N) is 2. The first-order valence-electron chi connectivity index (χ1n) is 6.32. The quantitative estimate of drug-likeness (QED) is 0.768. The average molecular weight is 304 g/mol. The Morgan fingerprint density at radius 2 is 2.15 bits per heavy atom. The number of aromatic nitrogens is 2. The van der Waals surface area contributed by atoms with Crippen LogP contribution in [0.1, 0.15) is 9.75 Å². The van der Waals surface area contributed by atoms with Gasteiger partial charge in [0.2, 0.25) is 0 Å². The van der Waals surface area contributed by atoms with Gasteiger partial charge in [0.25, 0.3) is 0 Å². The third-order valence-electron chi connectivity index (χ3n) is 2.97. The third-order valence-corrected chi connectivity index (χ3v) is 4.28. The molecule has 0 spiro atoms. The van der Waals surface area contributed by atoms with Gasteiger partial charge in [-0.1, -0.05) is 17.7 Å². The summed E-state index contributed by atoms with van der Waals surface area (Å²) in [6.45, 7) is 2.90. The molecule has 3 nitrogen and oxygen atoms in total. The molecule has 0 atom stereocenters. The predicted octanol–water partition coefficient (Wildman–Crippen LogP) is 4.51. The van der Waals surface area contributed by atoms with Crippen molar-refractivity contribution in [3.63, 3.8) is 0 Å². The molecule has 2 heterocycles. The second-order valence-corrected chi connectivity index (χ2v) is 6.23. The van der Waals surface area contributed by atoms with E-state index in [9.17, 15) is 0 Å². The highest BCUT2D eigenvalue weighted by Crippen LogP contribution is 2.28. The maximum atomic E-state index is 6.31. The second kappa shape index (κ2) is 5.69. The summed E-state index contributed by atoms with van der Waals surface area (Å²) in [6, 6.07) is 12.0. The lowest BCUT2D eigenvalue weighted by Crippen LogP contribution is -2.04. The van der Waals surface area contributed by atoms with Gasteiger partial charge in [-0.3, -0.25) is 0 Å². The normalized spacial score (nSPS) is 10.7. The zero-order chi connectivity index (χ0) is 13.9. The monoisotopic (exact) mass is 303 g/mol. The maximum absolute atomic E-state index is 6.31. The van der Waals surface area contributed by atoms with Crippen LogP contribution in [0, 0.1) is 6.92 Å². The van der Waals surface area contributed by atoms with Crippen LogP contribution in [-0.4, -0.2) is 9.78 Å². The van der Waals surface area contributed by atoms with Crippen LogP contribution < -0.4 is 5.32 Å². The number of thiophene rings is 1. The molecule has 102 valence electrons. The molecular formula is C15H14ClN3S. The van der Waals surface area contributed by atoms with E-state index in [1.165, 1.54) is 9.75 Å². The number of benzene rings is 1. The molecule has 3 aromatic rings. The molecule has 0 amide bonds. The zero-order valence-electron chi connectivity index (χ0n) is 11.0. The van der Waals surface area contributed by atoms with Crippen molar-refractivity contribution < 1.29 is 0 Å². The highest BCUT2D eigenvalue weighted by atomic mass is 35.5. The summed E-state index contributed by atoms with van der Waals surface area (Å²) in [6.07, 6.45) is 3.64. The summed E-state index contributed by atoms with van der Waals surface area (Å²) < 4.78 is 1.78. The Kier molecular flexibility index (Phi) is 3.76. The lowest BCUT2D eigenvalue weighted by atomic mass is 10.2. The van der Waals surface area contributed by atoms with E-state index < -0.39 is 0 Å². The fourth-order valence-corrected chi connectivity index (χ4v) is 3.15. The number of halogens is 1. The van der Waals surface area contributed by atoms with E-state index in [1.54, 1.807) is 22.2 Å². The van der Waals surface area contributed by atoms with E-state index in [0.29, 0.717) is 5.02 Å². The van der Waals surface area contributed by atoms with E-state index in [1.807, 2.05) is 30.5 Å². The number of anilines is 1. The molecule has 0 fully saturated rings. The van der Waals surface area contributed by atoms with E-state index in [4.69, 9.17) is 11.6 Å². The summed E-state index contributed by atoms with van der Waals surface area (Å²) >= 11 is 8.11. The van der Waals surface area contributed by atoms with Gasteiger partial charge < -0.3 is 5.32 Å². The van der Waals surface area contributed by atoms with Gasteiger partial charge in [-0.25, -0.2) is 4.68 Å². The summed E-state index contributed by atoms with van der Waals surface area (Å²) in [5.74, 6) is 0. The summed E-state index contributed by atoms with van der Waals surface area (Å²) in [4.78, 5) is 2.62. The fraction of sp³-hybridized carbons (Fsp3) is 0.133. The third kappa shape index (κ3) is 2.71. The standard InChI is InChI=1S/C15H14ClN3S/c1-11-6-7-12(20-11)10-17-14-5-2-4-13(16)15(14)19-9-3-8-18-19/h2-9,17H,10H2,1H3. The van der Waals surface area contributed by atoms with Crippen LogP contribution in [0.5, 0.6) is 0 Å². The van der Waals surface area contributed by atoms with Crippen molar-refractivity contribution in [3.05, 3.63) is 63.6 Å². The molecule has 5 heteroatoms. The highest BCUT2D eigenvalue weighted by molar-refractivity contribution is 7.11. The first-order valence-corrected chi connectivity index (χ1v) is 7.51. The van der Waals surface area contributed by atoms with Crippen LogP contribution in [0.25, 0.3) is 5.69 Å². The molecule has 1 aromatic carbocycles. The molecule has 0 aliphatic rings. The molecule has 3 rings (SSSR count). The molecule has 0 aliphatic heterocycles. The van der Waals surface area contributed by atoms with Crippen molar-refractivity contribution >= 4 is 28.6 Å². The van der Waals surface area contributed by atoms with Gasteiger partial charge in [0, 0.05) is 28.7 Å². The molecule has 0 aliphatic carbocycles. The Morgan fingerprint density at radius 3 is 2.85 bits per heavy atom. The number of rotatable bonds is 4. The zero-order valence-corrected chi connectivity index (χ0v) is 12.6. The van der Waals surface area contributed by atoms with Crippen molar-refractivity contribution in [2.24, 2.45) is 0 Å². The van der Waals surface area contributed by atoms with Gasteiger partial charge in [-0.2, -0.15) is 5.10 Å². The number of aryl methyl sites for hydroxylation is 1. The van der Waals surface area contributed by atoms with Crippen LogP contribution in [0.15, 0.2) is 48.8 Å². The lowest BCUT2D eigenvalue weighted by molar-refractivity contribution is 0.880. The van der Waals surface area contributed by atoms with Gasteiger partial charge in [-0.15, -0.1) is 11.3 Å². The van der Waals surface area contributed by atoms with Crippen LogP contribution in [0.2, 0.25) is 5.02 Å². The largest absolute Gasteiger partial charge is 0.378 e. The molecule has 0 radical (unpaired) electrons. The minimum atomic E-state index is 0.682. The molecule has 0 saturated heterocycles. The minimum absolute atomic E-state index is 0.682. The highest BCUT2D eigenvalue weighted by Gasteiger charge is 2.09. The van der Waals surface area contributed by atoms with Crippen LogP contribution in [0.3, 0.4) is 0 Å². The number of hydrogen-bond donors (Lipinski definition) is 1. The number of hydrogen-bond acceptors (Lipinski definition) is 3. The molecule has 0 unspecified atom stereocenters. The second-order valence-electron chi connectivity index (χ2n) is 4.45. The van der Waals surface area contributed by atoms with Crippen molar-refractivity contribution in [3.8, 4) is 5.69 Å². The summed E-state index contributed by atoms with van der Waals surface area (Å²) in [5.41, 5.74) is 1.86. The van der Waals surface area contributed by atoms with Gasteiger partial charge in [0.15, 0.2) is 0 Å². The number of para-hydroxylation sites is 1. The first-order chi connectivity index (χ1) is 9.74. The fourth-order valence-electron chi connectivity index (χ4n) is 2.05. The van der Waals surface area contributed by atoms with Gasteiger partial charge >= 0.3 is 0 Å². The van der Waals surface area contributed by atoms with Gasteiger partial charge in [0.05, 0.1) is 10.7 Å². The summed E-state index contributed by atoms with van der Waals surface area (Å²) in [5, 5.41) is 8.38. The molecule has 2 aromatic heterocycles. The van der Waals surface area contributed by atoms with Gasteiger partial charge in [0.1, 0.15) is 5.69 Å². The molecule has 20 heavy (non-hydrogen) atoms. The Balaban J connectivity index is 1.88. The SMILES string of the molecule is Cc1ccc(CNc2cccc(Cl)c2-n2cccn2)s1. The van der Waals surface area contributed by atoms with Crippen LogP contribution in [-0.2, 0) is 6.54 Å². The average Bonchev–Trinajstić information content (AvgIpc) is 3.08. The molecule has 0 bridgehead atoms. The first kappa shape index (κ1) is 13.2. The topological polar surface area (TPSA) is 29.9 Å². The van der Waals surface area contributed by atoms with E-state index in [-0.39, 0.29) is 0 Å². The minimum Gasteiger partial charge on any atom is -0.378 e. The molecule has 0 saturated carbocycles. The predicted molar refractivity (Wildman–Crippen MR) is 85.0 cm³/mol. The summed E-state index contributed by atoms with van der Waals surface area (Å²) in [7, 11) is 0.